The van der Waals surface area contributed by atoms with Crippen molar-refractivity contribution in [1.82, 2.24) is 58.1 Å². The van der Waals surface area contributed by atoms with Crippen LogP contribution in [0.2, 0.25) is 0 Å². The molecule has 1 fully saturated rings. The van der Waals surface area contributed by atoms with Gasteiger partial charge in [-0.2, -0.15) is 0 Å². The smallest absolute Gasteiger partial charge is 0.246 e. The highest BCUT2D eigenvalue weighted by atomic mass is 16.3. The Morgan fingerprint density at radius 1 is 0.624 bits per heavy atom. The summed E-state index contributed by atoms with van der Waals surface area (Å²) >= 11 is 0. The van der Waals surface area contributed by atoms with Crippen LogP contribution in [0.25, 0.3) is 0 Å². The Morgan fingerprint density at radius 3 is 1.69 bits per heavy atom. The molecular weight excluding hydrogens is 1090 g/mol. The maximum absolute atomic E-state index is 14.5. The Morgan fingerprint density at radius 2 is 1.15 bits per heavy atom. The van der Waals surface area contributed by atoms with Crippen molar-refractivity contribution in [3.05, 3.63) is 12.2 Å². The number of nitrogens with zero attached hydrogens (tertiary/aromatic N) is 1. The first-order valence-corrected chi connectivity index (χ1v) is 30.5. The monoisotopic (exact) mass is 1200 g/mol. The summed E-state index contributed by atoms with van der Waals surface area (Å²) in [5.74, 6) is -8.27. The summed E-state index contributed by atoms with van der Waals surface area (Å²) in [6.45, 7) is 31.0. The Hall–Kier alpha value is -6.01. The van der Waals surface area contributed by atoms with E-state index in [0.717, 1.165) is 6.42 Å². The van der Waals surface area contributed by atoms with Gasteiger partial charge in [0.05, 0.1) is 12.2 Å². The number of carbonyl (C=O) groups is 11. The number of nitrogens with one attached hydrogen (secondary N) is 10. The molecule has 0 bridgehead atoms. The zero-order valence-electron chi connectivity index (χ0n) is 54.6. The predicted molar refractivity (Wildman–Crippen MR) is 325 cm³/mol. The van der Waals surface area contributed by atoms with Gasteiger partial charge in [-0.1, -0.05) is 88.7 Å². The maximum Gasteiger partial charge on any atom is 0.246 e. The first-order valence-electron chi connectivity index (χ1n) is 30.5. The molecule has 1 heterocycles. The van der Waals surface area contributed by atoms with E-state index in [0.29, 0.717) is 19.5 Å². The standard InChI is InChI=1S/C61H109N11O13/c1-20-37(9)22-23-48(76)72-33-39(11)30-46(72)54(81)66-45(29-38(10)28-42(74)31-41(73)21-2)52(79)68-49(50(77)36(7)8)55(82)70-60(15,16)57(84)67-43(26-34(3)4)51(78)65-44(27-35(5)6)53(80)69-61(17,18)58(85)71-59(13,14)56(83)63-25-24-47(75)64-40(12)32-62-19/h22-23,34-40,42-46,49-50,62,74,77H,20-21,24-33H2,1-19H3,(H,63,83)(H,64,75)(H,65,78)(H,66,81)(H,67,84)(H,68,79)(H,69,80)(H,70,82)(H,71,85)/b23-22-/t37-,38+,39-,40+,42+,43+,44+,45-,46+,49+,50+/m1/s1. The van der Waals surface area contributed by atoms with Crippen LogP contribution in [0.4, 0.5) is 0 Å². The van der Waals surface area contributed by atoms with Crippen LogP contribution >= 0.6 is 0 Å². The lowest BCUT2D eigenvalue weighted by Gasteiger charge is -2.34. The summed E-state index contributed by atoms with van der Waals surface area (Å²) in [6.07, 6.45) is 2.06. The number of Topliss-reactive ketones (excluding diaryl/α,β-unsaturated/α-hetero) is 1. The molecule has 85 heavy (non-hydrogen) atoms. The van der Waals surface area contributed by atoms with Gasteiger partial charge in [-0.25, -0.2) is 0 Å². The molecule has 0 saturated carbocycles. The number of amides is 10. The van der Waals surface area contributed by atoms with Gasteiger partial charge in [0.15, 0.2) is 0 Å². The highest BCUT2D eigenvalue weighted by Crippen LogP contribution is 2.25. The Labute approximate surface area is 506 Å². The lowest BCUT2D eigenvalue weighted by molar-refractivity contribution is -0.140. The molecule has 10 amide bonds. The van der Waals surface area contributed by atoms with Gasteiger partial charge < -0.3 is 68.3 Å². The number of aliphatic hydroxyl groups excluding tert-OH is 2. The third kappa shape index (κ3) is 27.1. The number of hydrogen-bond acceptors (Lipinski definition) is 14. The average molecular weight is 1200 g/mol. The minimum absolute atomic E-state index is 0.00469. The molecule has 24 nitrogen and oxygen atoms in total. The molecule has 0 aromatic rings. The number of rotatable bonds is 37. The second kappa shape index (κ2) is 35.6. The SMILES string of the molecule is CCC(=O)C[C@@H](O)C[C@H](C)C[C@@H](NC(=O)[C@@H]1C[C@@H](C)CN1C(=O)/C=C\[C@H](C)CC)C(=O)N[C@H](C(=O)NC(C)(C)C(=O)N[C@@H](CC(C)C)C(=O)N[C@@H](CC(C)C)C(=O)NC(C)(C)C(=O)NC(C)(C)C(=O)NCCC(=O)N[C@@H](C)CNC)[C@@H](O)C(C)C. The van der Waals surface area contributed by atoms with Gasteiger partial charge in [0, 0.05) is 44.9 Å². The van der Waals surface area contributed by atoms with Crippen LogP contribution < -0.4 is 53.2 Å². The van der Waals surface area contributed by atoms with Crippen molar-refractivity contribution >= 4 is 64.9 Å². The van der Waals surface area contributed by atoms with E-state index in [2.05, 4.69) is 53.2 Å². The fourth-order valence-corrected chi connectivity index (χ4v) is 9.54. The Bertz CT molecular complexity index is 2300. The van der Waals surface area contributed by atoms with E-state index in [1.165, 1.54) is 52.5 Å². The molecule has 0 aromatic carbocycles. The largest absolute Gasteiger partial charge is 0.393 e. The minimum Gasteiger partial charge on any atom is -0.393 e. The van der Waals surface area contributed by atoms with Crippen LogP contribution in [0, 0.1) is 35.5 Å². The normalized spacial score (nSPS) is 18.0. The summed E-state index contributed by atoms with van der Waals surface area (Å²) in [6, 6.07) is -6.63. The van der Waals surface area contributed by atoms with Crippen LogP contribution in [0.15, 0.2) is 12.2 Å². The van der Waals surface area contributed by atoms with E-state index in [9.17, 15) is 63.0 Å². The fourth-order valence-electron chi connectivity index (χ4n) is 9.54. The lowest BCUT2D eigenvalue weighted by atomic mass is 9.92. The Kier molecular flexibility index (Phi) is 32.2. The average Bonchev–Trinajstić information content (AvgIpc) is 3.97. The van der Waals surface area contributed by atoms with E-state index >= 15 is 0 Å². The zero-order chi connectivity index (χ0) is 65.5. The second-order valence-corrected chi connectivity index (χ2v) is 26.4. The van der Waals surface area contributed by atoms with Crippen molar-refractivity contribution in [1.29, 1.82) is 0 Å². The summed E-state index contributed by atoms with van der Waals surface area (Å²) < 4.78 is 0. The summed E-state index contributed by atoms with van der Waals surface area (Å²) in [5, 5.41) is 49.6. The highest BCUT2D eigenvalue weighted by molar-refractivity contribution is 6.00. The third-order valence-corrected chi connectivity index (χ3v) is 14.9. The molecule has 24 heteroatoms. The van der Waals surface area contributed by atoms with E-state index in [4.69, 9.17) is 0 Å². The number of likely N-dealkylation sites (tertiary alicyclic amines) is 1. The number of allylic oxidation sites excluding steroid dienone is 1. The first kappa shape index (κ1) is 77.0. The van der Waals surface area contributed by atoms with Gasteiger partial charge in [0.25, 0.3) is 0 Å². The molecule has 11 atom stereocenters. The molecular formula is C61H109N11O13. The van der Waals surface area contributed by atoms with Crippen molar-refractivity contribution < 1.29 is 63.0 Å². The molecule has 0 spiro atoms. The first-order chi connectivity index (χ1) is 39.2. The molecule has 1 saturated heterocycles. The fraction of sp³-hybridized carbons (Fsp3) is 0.787. The minimum atomic E-state index is -1.82. The van der Waals surface area contributed by atoms with E-state index in [-0.39, 0.29) is 98.8 Å². The van der Waals surface area contributed by atoms with Crippen LogP contribution in [-0.2, 0) is 52.7 Å². The predicted octanol–water partition coefficient (Wildman–Crippen LogP) is 1.94. The summed E-state index contributed by atoms with van der Waals surface area (Å²) in [4.78, 5) is 152. The van der Waals surface area contributed by atoms with Crippen LogP contribution in [0.5, 0.6) is 0 Å². The van der Waals surface area contributed by atoms with Gasteiger partial charge in [-0.05, 0) is 129 Å². The van der Waals surface area contributed by atoms with Crippen molar-refractivity contribution in [2.45, 2.75) is 247 Å². The number of carbonyl (C=O) groups excluding carboxylic acids is 11. The van der Waals surface area contributed by atoms with Gasteiger partial charge in [0.1, 0.15) is 52.6 Å². The molecule has 0 aromatic heterocycles. The molecule has 12 N–H and O–H groups in total. The molecule has 0 unspecified atom stereocenters. The van der Waals surface area contributed by atoms with Crippen molar-refractivity contribution in [2.24, 2.45) is 35.5 Å². The lowest BCUT2D eigenvalue weighted by Crippen LogP contribution is -2.66. The quantitative estimate of drug-likeness (QED) is 0.0396. The van der Waals surface area contributed by atoms with Gasteiger partial charge in [-0.15, -0.1) is 0 Å². The number of aliphatic hydroxyl groups is 2. The molecule has 1 rings (SSSR count). The van der Waals surface area contributed by atoms with Gasteiger partial charge in [0.2, 0.25) is 59.1 Å². The number of hydrogen-bond donors (Lipinski definition) is 12. The molecule has 1 aliphatic rings. The molecule has 0 aliphatic carbocycles. The van der Waals surface area contributed by atoms with Crippen molar-refractivity contribution in [3.63, 3.8) is 0 Å². The number of ketones is 1. The molecule has 0 radical (unpaired) electrons. The zero-order valence-corrected chi connectivity index (χ0v) is 54.6. The van der Waals surface area contributed by atoms with Gasteiger partial charge in [-0.3, -0.25) is 52.7 Å². The Balaban J connectivity index is 3.45. The number of likely N-dealkylation sites (N-methyl/N-ethyl adjacent to an activating group) is 1. The van der Waals surface area contributed by atoms with Crippen LogP contribution in [0.3, 0.4) is 0 Å². The maximum atomic E-state index is 14.5. The van der Waals surface area contributed by atoms with Crippen molar-refractivity contribution in [3.8, 4) is 0 Å². The van der Waals surface area contributed by atoms with Crippen LogP contribution in [0.1, 0.15) is 182 Å². The van der Waals surface area contributed by atoms with E-state index in [1.807, 2.05) is 55.4 Å². The summed E-state index contributed by atoms with van der Waals surface area (Å²) in [7, 11) is 1.76. The third-order valence-electron chi connectivity index (χ3n) is 14.9. The van der Waals surface area contributed by atoms with Crippen molar-refractivity contribution in [2.75, 3.05) is 26.7 Å². The van der Waals surface area contributed by atoms with Gasteiger partial charge >= 0.3 is 0 Å². The molecule has 486 valence electrons. The topological polar surface area (TPSA) is 352 Å². The molecule has 1 aliphatic heterocycles. The van der Waals surface area contributed by atoms with E-state index < -0.39 is 118 Å². The second-order valence-electron chi connectivity index (χ2n) is 26.4. The summed E-state index contributed by atoms with van der Waals surface area (Å²) in [5.41, 5.74) is -4.92. The highest BCUT2D eigenvalue weighted by Gasteiger charge is 2.43. The van der Waals surface area contributed by atoms with E-state index in [1.54, 1.807) is 40.8 Å². The van der Waals surface area contributed by atoms with Crippen LogP contribution in [-0.4, -0.2) is 172 Å².